The van der Waals surface area contributed by atoms with Crippen molar-refractivity contribution in [2.75, 3.05) is 32.1 Å². The minimum absolute atomic E-state index is 0.151. The molecule has 1 heterocycles. The van der Waals surface area contributed by atoms with Crippen LogP contribution in [-0.2, 0) is 4.74 Å². The number of nitrogens with one attached hydrogen (secondary N) is 2. The summed E-state index contributed by atoms with van der Waals surface area (Å²) in [6, 6.07) is 1.21. The molecular formula is C12H18N4O4. The summed E-state index contributed by atoms with van der Waals surface area (Å²) >= 11 is 0. The SMILES string of the molecule is CCOCCCNC(=O)c1cc([N+](=O)[O-])cnc1NC. The average Bonchev–Trinajstić information content (AvgIpc) is 2.46. The second kappa shape index (κ2) is 8.05. The number of aromatic nitrogens is 1. The number of pyridine rings is 1. The van der Waals surface area contributed by atoms with E-state index in [4.69, 9.17) is 4.74 Å². The molecule has 1 amide bonds. The van der Waals surface area contributed by atoms with E-state index in [1.807, 2.05) is 6.92 Å². The zero-order valence-electron chi connectivity index (χ0n) is 11.5. The van der Waals surface area contributed by atoms with Crippen molar-refractivity contribution in [1.29, 1.82) is 0 Å². The number of carbonyl (C=O) groups is 1. The van der Waals surface area contributed by atoms with E-state index in [1.165, 1.54) is 6.07 Å². The highest BCUT2D eigenvalue weighted by Gasteiger charge is 2.17. The number of hydrogen-bond donors (Lipinski definition) is 2. The van der Waals surface area contributed by atoms with Crippen LogP contribution in [0.25, 0.3) is 0 Å². The van der Waals surface area contributed by atoms with Gasteiger partial charge < -0.3 is 15.4 Å². The molecular weight excluding hydrogens is 264 g/mol. The summed E-state index contributed by atoms with van der Waals surface area (Å²) in [7, 11) is 1.60. The number of ether oxygens (including phenoxy) is 1. The molecule has 0 saturated carbocycles. The Bertz CT molecular complexity index is 479. The Balaban J connectivity index is 2.70. The van der Waals surface area contributed by atoms with Crippen molar-refractivity contribution in [3.8, 4) is 0 Å². The molecule has 20 heavy (non-hydrogen) atoms. The number of nitrogens with zero attached hydrogens (tertiary/aromatic N) is 2. The highest BCUT2D eigenvalue weighted by atomic mass is 16.6. The molecule has 1 aromatic heterocycles. The fourth-order valence-electron chi connectivity index (χ4n) is 1.54. The first-order valence-corrected chi connectivity index (χ1v) is 6.28. The van der Waals surface area contributed by atoms with Gasteiger partial charge in [-0.1, -0.05) is 0 Å². The van der Waals surface area contributed by atoms with Crippen molar-refractivity contribution < 1.29 is 14.5 Å². The van der Waals surface area contributed by atoms with Crippen LogP contribution in [0.4, 0.5) is 11.5 Å². The molecule has 0 saturated heterocycles. The smallest absolute Gasteiger partial charge is 0.288 e. The fraction of sp³-hybridized carbons (Fsp3) is 0.500. The van der Waals surface area contributed by atoms with Crippen LogP contribution in [0, 0.1) is 10.1 Å². The Kier molecular flexibility index (Phi) is 6.38. The van der Waals surface area contributed by atoms with E-state index in [0.717, 1.165) is 6.20 Å². The monoisotopic (exact) mass is 282 g/mol. The molecule has 0 fully saturated rings. The molecule has 8 heteroatoms. The third kappa shape index (κ3) is 4.47. The minimum atomic E-state index is -0.585. The van der Waals surface area contributed by atoms with Crippen molar-refractivity contribution in [2.24, 2.45) is 0 Å². The summed E-state index contributed by atoms with van der Waals surface area (Å²) in [5.41, 5.74) is -0.0680. The normalized spacial score (nSPS) is 10.1. The topological polar surface area (TPSA) is 106 Å². The predicted octanol–water partition coefficient (Wildman–Crippen LogP) is 1.19. The Labute approximate surface area is 116 Å². The molecule has 0 aliphatic rings. The Morgan fingerprint density at radius 2 is 2.30 bits per heavy atom. The van der Waals surface area contributed by atoms with E-state index < -0.39 is 10.8 Å². The molecule has 0 aliphatic carbocycles. The quantitative estimate of drug-likeness (QED) is 0.421. The molecule has 0 aromatic carbocycles. The summed E-state index contributed by atoms with van der Waals surface area (Å²) in [5, 5.41) is 16.1. The predicted molar refractivity (Wildman–Crippen MR) is 73.9 cm³/mol. The van der Waals surface area contributed by atoms with Crippen LogP contribution in [0.3, 0.4) is 0 Å². The van der Waals surface area contributed by atoms with E-state index in [0.29, 0.717) is 32.0 Å². The van der Waals surface area contributed by atoms with Gasteiger partial charge in [-0.15, -0.1) is 0 Å². The zero-order chi connectivity index (χ0) is 15.0. The van der Waals surface area contributed by atoms with E-state index in [-0.39, 0.29) is 11.3 Å². The van der Waals surface area contributed by atoms with Gasteiger partial charge in [0.2, 0.25) is 0 Å². The maximum atomic E-state index is 12.0. The van der Waals surface area contributed by atoms with Crippen molar-refractivity contribution in [2.45, 2.75) is 13.3 Å². The average molecular weight is 282 g/mol. The van der Waals surface area contributed by atoms with Gasteiger partial charge in [0.1, 0.15) is 12.0 Å². The van der Waals surface area contributed by atoms with E-state index in [9.17, 15) is 14.9 Å². The summed E-state index contributed by atoms with van der Waals surface area (Å²) in [4.78, 5) is 26.0. The maximum absolute atomic E-state index is 12.0. The second-order valence-corrected chi connectivity index (χ2v) is 3.90. The van der Waals surface area contributed by atoms with Crippen LogP contribution in [-0.4, -0.2) is 42.6 Å². The third-order valence-corrected chi connectivity index (χ3v) is 2.52. The number of amides is 1. The Morgan fingerprint density at radius 1 is 1.55 bits per heavy atom. The number of anilines is 1. The van der Waals surface area contributed by atoms with Crippen LogP contribution in [0.15, 0.2) is 12.3 Å². The lowest BCUT2D eigenvalue weighted by atomic mass is 10.2. The van der Waals surface area contributed by atoms with Gasteiger partial charge >= 0.3 is 0 Å². The molecule has 110 valence electrons. The van der Waals surface area contributed by atoms with Gasteiger partial charge in [-0.2, -0.15) is 0 Å². The lowest BCUT2D eigenvalue weighted by Crippen LogP contribution is -2.26. The molecule has 1 aromatic rings. The number of carbonyl (C=O) groups excluding carboxylic acids is 1. The van der Waals surface area contributed by atoms with Crippen LogP contribution < -0.4 is 10.6 Å². The fourth-order valence-corrected chi connectivity index (χ4v) is 1.54. The van der Waals surface area contributed by atoms with Gasteiger partial charge in [0.15, 0.2) is 0 Å². The van der Waals surface area contributed by atoms with E-state index >= 15 is 0 Å². The van der Waals surface area contributed by atoms with Gasteiger partial charge in [-0.25, -0.2) is 4.98 Å². The summed E-state index contributed by atoms with van der Waals surface area (Å²) in [6.07, 6.45) is 1.79. The van der Waals surface area contributed by atoms with E-state index in [2.05, 4.69) is 15.6 Å². The second-order valence-electron chi connectivity index (χ2n) is 3.90. The lowest BCUT2D eigenvalue weighted by molar-refractivity contribution is -0.385. The Hall–Kier alpha value is -2.22. The van der Waals surface area contributed by atoms with Crippen LogP contribution in [0.2, 0.25) is 0 Å². The molecule has 0 bridgehead atoms. The van der Waals surface area contributed by atoms with Gasteiger partial charge in [0.25, 0.3) is 11.6 Å². The summed E-state index contributed by atoms with van der Waals surface area (Å²) < 4.78 is 5.15. The third-order valence-electron chi connectivity index (χ3n) is 2.52. The Morgan fingerprint density at radius 3 is 2.90 bits per heavy atom. The van der Waals surface area contributed by atoms with Gasteiger partial charge in [-0.3, -0.25) is 14.9 Å². The van der Waals surface area contributed by atoms with Crippen LogP contribution in [0.5, 0.6) is 0 Å². The lowest BCUT2D eigenvalue weighted by Gasteiger charge is -2.08. The van der Waals surface area contributed by atoms with Crippen molar-refractivity contribution in [3.63, 3.8) is 0 Å². The van der Waals surface area contributed by atoms with Crippen molar-refractivity contribution in [1.82, 2.24) is 10.3 Å². The number of hydrogen-bond acceptors (Lipinski definition) is 6. The molecule has 1 rings (SSSR count). The largest absolute Gasteiger partial charge is 0.382 e. The van der Waals surface area contributed by atoms with Crippen LogP contribution in [0.1, 0.15) is 23.7 Å². The highest BCUT2D eigenvalue weighted by molar-refractivity contribution is 5.99. The first-order valence-electron chi connectivity index (χ1n) is 6.28. The number of nitro groups is 1. The minimum Gasteiger partial charge on any atom is -0.382 e. The first kappa shape index (κ1) is 15.8. The molecule has 0 atom stereocenters. The van der Waals surface area contributed by atoms with Gasteiger partial charge in [0, 0.05) is 32.9 Å². The molecule has 0 spiro atoms. The standard InChI is InChI=1S/C12H18N4O4/c1-3-20-6-4-5-14-12(17)10-7-9(16(18)19)8-15-11(10)13-2/h7-8H,3-6H2,1-2H3,(H,13,15)(H,14,17). The van der Waals surface area contributed by atoms with Gasteiger partial charge in [0.05, 0.1) is 10.5 Å². The molecule has 2 N–H and O–H groups in total. The maximum Gasteiger partial charge on any atom is 0.288 e. The molecule has 0 radical (unpaired) electrons. The summed E-state index contributed by atoms with van der Waals surface area (Å²) in [6.45, 7) is 3.52. The first-order chi connectivity index (χ1) is 9.60. The summed E-state index contributed by atoms with van der Waals surface area (Å²) in [5.74, 6) is -0.0973. The van der Waals surface area contributed by atoms with Crippen molar-refractivity contribution >= 4 is 17.4 Å². The molecule has 8 nitrogen and oxygen atoms in total. The number of rotatable bonds is 8. The van der Waals surface area contributed by atoms with Crippen molar-refractivity contribution in [3.05, 3.63) is 27.9 Å². The van der Waals surface area contributed by atoms with Crippen LogP contribution >= 0.6 is 0 Å². The zero-order valence-corrected chi connectivity index (χ0v) is 11.5. The van der Waals surface area contributed by atoms with Gasteiger partial charge in [-0.05, 0) is 13.3 Å². The molecule has 0 aliphatic heterocycles. The highest BCUT2D eigenvalue weighted by Crippen LogP contribution is 2.18. The van der Waals surface area contributed by atoms with E-state index in [1.54, 1.807) is 7.05 Å². The molecule has 0 unspecified atom stereocenters.